The highest BCUT2D eigenvalue weighted by atomic mass is 35.5. The summed E-state index contributed by atoms with van der Waals surface area (Å²) >= 11 is 11.1. The molecule has 0 spiro atoms. The molecule has 6 heteroatoms. The summed E-state index contributed by atoms with van der Waals surface area (Å²) in [4.78, 5) is 22.7. The molecule has 2 heterocycles. The van der Waals surface area contributed by atoms with Crippen LogP contribution in [-0.2, 0) is 0 Å². The molecule has 0 atom stereocenters. The van der Waals surface area contributed by atoms with Gasteiger partial charge in [-0.3, -0.25) is 9.78 Å². The lowest BCUT2D eigenvalue weighted by atomic mass is 10.0. The zero-order valence-corrected chi connectivity index (χ0v) is 14.5. The lowest BCUT2D eigenvalue weighted by molar-refractivity contribution is 1.11. The highest BCUT2D eigenvalue weighted by molar-refractivity contribution is 7.71. The Kier molecular flexibility index (Phi) is 3.95. The van der Waals surface area contributed by atoms with E-state index in [1.54, 1.807) is 0 Å². The van der Waals surface area contributed by atoms with Crippen LogP contribution in [-0.4, -0.2) is 15.0 Å². The Morgan fingerprint density at radius 3 is 2.36 bits per heavy atom. The molecule has 0 saturated heterocycles. The van der Waals surface area contributed by atoms with Crippen molar-refractivity contribution in [1.29, 1.82) is 0 Å². The third-order valence-corrected chi connectivity index (χ3v) is 4.39. The van der Waals surface area contributed by atoms with E-state index in [0.29, 0.717) is 16.1 Å². The SMILES string of the molecule is O=c1[nH]c(=S)[nH]c2nc(-c3ccc(Cl)cc3)cc(-c3ccccc3)c12. The molecule has 2 aromatic heterocycles. The maximum Gasteiger partial charge on any atom is 0.261 e. The van der Waals surface area contributed by atoms with Crippen molar-refractivity contribution in [2.24, 2.45) is 0 Å². The fraction of sp³-hybridized carbons (Fsp3) is 0. The maximum atomic E-state index is 12.5. The van der Waals surface area contributed by atoms with Gasteiger partial charge in [0.2, 0.25) is 0 Å². The van der Waals surface area contributed by atoms with Crippen molar-refractivity contribution in [3.05, 3.63) is 80.8 Å². The Labute approximate surface area is 153 Å². The highest BCUT2D eigenvalue weighted by Crippen LogP contribution is 2.30. The van der Waals surface area contributed by atoms with E-state index >= 15 is 0 Å². The Balaban J connectivity index is 2.09. The number of pyridine rings is 1. The van der Waals surface area contributed by atoms with E-state index in [1.807, 2.05) is 60.7 Å². The minimum Gasteiger partial charge on any atom is -0.316 e. The molecule has 25 heavy (non-hydrogen) atoms. The molecule has 0 bridgehead atoms. The van der Waals surface area contributed by atoms with Crippen molar-refractivity contribution in [2.45, 2.75) is 0 Å². The van der Waals surface area contributed by atoms with Crippen LogP contribution in [0.2, 0.25) is 5.02 Å². The van der Waals surface area contributed by atoms with E-state index in [4.69, 9.17) is 23.8 Å². The van der Waals surface area contributed by atoms with Gasteiger partial charge in [0.1, 0.15) is 5.65 Å². The van der Waals surface area contributed by atoms with Gasteiger partial charge in [0.15, 0.2) is 4.77 Å². The Morgan fingerprint density at radius 1 is 0.920 bits per heavy atom. The number of rotatable bonds is 2. The van der Waals surface area contributed by atoms with Crippen LogP contribution >= 0.6 is 23.8 Å². The van der Waals surface area contributed by atoms with Gasteiger partial charge >= 0.3 is 0 Å². The topological polar surface area (TPSA) is 61.5 Å². The molecule has 0 amide bonds. The average molecular weight is 366 g/mol. The Morgan fingerprint density at radius 2 is 1.64 bits per heavy atom. The van der Waals surface area contributed by atoms with Crippen LogP contribution in [0, 0.1) is 4.77 Å². The summed E-state index contributed by atoms with van der Waals surface area (Å²) in [5.41, 5.74) is 3.57. The molecular formula is C19H12ClN3OS. The number of aromatic amines is 2. The summed E-state index contributed by atoms with van der Waals surface area (Å²) in [6.07, 6.45) is 0. The number of nitrogens with one attached hydrogen (secondary N) is 2. The average Bonchev–Trinajstić information content (AvgIpc) is 2.62. The first kappa shape index (κ1) is 15.7. The fourth-order valence-electron chi connectivity index (χ4n) is 2.78. The molecule has 0 saturated carbocycles. The van der Waals surface area contributed by atoms with Gasteiger partial charge in [-0.2, -0.15) is 0 Å². The molecule has 2 N–H and O–H groups in total. The molecule has 2 aromatic carbocycles. The predicted octanol–water partition coefficient (Wildman–Crippen LogP) is 4.97. The molecule has 4 aromatic rings. The van der Waals surface area contributed by atoms with Crippen molar-refractivity contribution >= 4 is 34.9 Å². The van der Waals surface area contributed by atoms with Gasteiger partial charge in [-0.1, -0.05) is 54.1 Å². The Bertz CT molecular complexity index is 1180. The second kappa shape index (κ2) is 6.27. The second-order valence-corrected chi connectivity index (χ2v) is 6.40. The third-order valence-electron chi connectivity index (χ3n) is 3.93. The zero-order chi connectivity index (χ0) is 17.4. The monoisotopic (exact) mass is 365 g/mol. The maximum absolute atomic E-state index is 12.5. The highest BCUT2D eigenvalue weighted by Gasteiger charge is 2.13. The fourth-order valence-corrected chi connectivity index (χ4v) is 3.10. The summed E-state index contributed by atoms with van der Waals surface area (Å²) in [5, 5.41) is 1.14. The van der Waals surface area contributed by atoms with Crippen LogP contribution in [0.4, 0.5) is 0 Å². The summed E-state index contributed by atoms with van der Waals surface area (Å²) in [6.45, 7) is 0. The van der Waals surface area contributed by atoms with E-state index in [1.165, 1.54) is 0 Å². The van der Waals surface area contributed by atoms with Gasteiger partial charge in [0.25, 0.3) is 5.56 Å². The molecule has 0 aliphatic rings. The minimum atomic E-state index is -0.257. The van der Waals surface area contributed by atoms with Gasteiger partial charge in [-0.05, 0) is 36.0 Å². The number of hydrogen-bond donors (Lipinski definition) is 2. The first-order chi connectivity index (χ1) is 12.1. The molecule has 4 rings (SSSR count). The van der Waals surface area contributed by atoms with Crippen molar-refractivity contribution < 1.29 is 0 Å². The first-order valence-corrected chi connectivity index (χ1v) is 8.39. The number of H-pyrrole nitrogens is 2. The van der Waals surface area contributed by atoms with E-state index in [2.05, 4.69) is 15.0 Å². The van der Waals surface area contributed by atoms with E-state index in [-0.39, 0.29) is 10.3 Å². The number of nitrogens with zero attached hydrogens (tertiary/aromatic N) is 1. The molecule has 0 aliphatic carbocycles. The largest absolute Gasteiger partial charge is 0.316 e. The number of hydrogen-bond acceptors (Lipinski definition) is 3. The number of benzene rings is 2. The number of halogens is 1. The van der Waals surface area contributed by atoms with Crippen molar-refractivity contribution in [3.8, 4) is 22.4 Å². The number of aromatic nitrogens is 3. The number of fused-ring (bicyclic) bond motifs is 1. The van der Waals surface area contributed by atoms with Crippen molar-refractivity contribution in [1.82, 2.24) is 15.0 Å². The smallest absolute Gasteiger partial charge is 0.261 e. The van der Waals surface area contributed by atoms with E-state index < -0.39 is 0 Å². The van der Waals surface area contributed by atoms with E-state index in [0.717, 1.165) is 22.4 Å². The van der Waals surface area contributed by atoms with Gasteiger partial charge < -0.3 is 4.98 Å². The lowest BCUT2D eigenvalue weighted by Gasteiger charge is -2.10. The summed E-state index contributed by atoms with van der Waals surface area (Å²) < 4.78 is 0.247. The van der Waals surface area contributed by atoms with Crippen molar-refractivity contribution in [2.75, 3.05) is 0 Å². The molecule has 122 valence electrons. The van der Waals surface area contributed by atoms with E-state index in [9.17, 15) is 4.79 Å². The summed E-state index contributed by atoms with van der Waals surface area (Å²) in [7, 11) is 0. The third kappa shape index (κ3) is 2.99. The van der Waals surface area contributed by atoms with Gasteiger partial charge in [0.05, 0.1) is 11.1 Å². The van der Waals surface area contributed by atoms with Gasteiger partial charge in [0, 0.05) is 16.1 Å². The molecule has 0 radical (unpaired) electrons. The molecule has 4 nitrogen and oxygen atoms in total. The first-order valence-electron chi connectivity index (χ1n) is 7.60. The summed E-state index contributed by atoms with van der Waals surface area (Å²) in [6, 6.07) is 19.0. The van der Waals surface area contributed by atoms with Crippen LogP contribution in [0.1, 0.15) is 0 Å². The summed E-state index contributed by atoms with van der Waals surface area (Å²) in [5.74, 6) is 0. The molecule has 0 fully saturated rings. The molecule has 0 unspecified atom stereocenters. The quantitative estimate of drug-likeness (QED) is 0.493. The molecular weight excluding hydrogens is 354 g/mol. The van der Waals surface area contributed by atoms with Crippen molar-refractivity contribution in [3.63, 3.8) is 0 Å². The second-order valence-electron chi connectivity index (χ2n) is 5.56. The van der Waals surface area contributed by atoms with Crippen LogP contribution < -0.4 is 5.56 Å². The molecule has 0 aliphatic heterocycles. The lowest BCUT2D eigenvalue weighted by Crippen LogP contribution is -2.10. The van der Waals surface area contributed by atoms with Crippen LogP contribution in [0.15, 0.2) is 65.5 Å². The van der Waals surface area contributed by atoms with Gasteiger partial charge in [-0.25, -0.2) is 4.98 Å². The van der Waals surface area contributed by atoms with Gasteiger partial charge in [-0.15, -0.1) is 0 Å². The van der Waals surface area contributed by atoms with Crippen LogP contribution in [0.25, 0.3) is 33.4 Å². The Hall–Kier alpha value is -2.76. The minimum absolute atomic E-state index is 0.247. The predicted molar refractivity (Wildman–Crippen MR) is 103 cm³/mol. The van der Waals surface area contributed by atoms with Crippen LogP contribution in [0.5, 0.6) is 0 Å². The normalized spacial score (nSPS) is 10.9. The zero-order valence-electron chi connectivity index (χ0n) is 12.9. The van der Waals surface area contributed by atoms with Crippen LogP contribution in [0.3, 0.4) is 0 Å². The standard InChI is InChI=1S/C19H12ClN3OS/c20-13-8-6-12(7-9-13)15-10-14(11-4-2-1-3-5-11)16-17(21-15)22-19(25)23-18(16)24/h1-10H,(H2,21,22,23,24,25).